The Labute approximate surface area is 114 Å². The molecule has 0 aliphatic heterocycles. The Morgan fingerprint density at radius 2 is 2.00 bits per heavy atom. The molecular formula is C16H22O3. The van der Waals surface area contributed by atoms with Crippen LogP contribution in [-0.4, -0.2) is 19.2 Å². The lowest BCUT2D eigenvalue weighted by atomic mass is 10.1. The molecule has 0 bridgehead atoms. The minimum atomic E-state index is -0.0503. The number of methoxy groups -OCH3 is 1. The Bertz CT molecular complexity index is 422. The molecule has 1 aliphatic carbocycles. The average molecular weight is 262 g/mol. The van der Waals surface area contributed by atoms with E-state index in [0.29, 0.717) is 5.92 Å². The fourth-order valence-electron chi connectivity index (χ4n) is 2.37. The lowest BCUT2D eigenvalue weighted by Gasteiger charge is -2.10. The number of hydrogen-bond donors (Lipinski definition) is 0. The van der Waals surface area contributed by atoms with E-state index in [9.17, 15) is 4.79 Å². The van der Waals surface area contributed by atoms with Crippen molar-refractivity contribution in [2.24, 2.45) is 11.8 Å². The highest BCUT2D eigenvalue weighted by Gasteiger charge is 2.43. The minimum Gasteiger partial charge on any atom is -0.491 e. The molecule has 0 radical (unpaired) electrons. The van der Waals surface area contributed by atoms with Crippen molar-refractivity contribution >= 4 is 5.97 Å². The summed E-state index contributed by atoms with van der Waals surface area (Å²) in [5.41, 5.74) is 1.30. The quantitative estimate of drug-likeness (QED) is 0.738. The maximum absolute atomic E-state index is 11.3. The van der Waals surface area contributed by atoms with Gasteiger partial charge in [-0.3, -0.25) is 4.79 Å². The second kappa shape index (κ2) is 6.09. The van der Waals surface area contributed by atoms with E-state index >= 15 is 0 Å². The third kappa shape index (κ3) is 3.98. The first-order chi connectivity index (χ1) is 9.10. The summed E-state index contributed by atoms with van der Waals surface area (Å²) in [5, 5.41) is 0. The molecule has 1 aromatic rings. The first kappa shape index (κ1) is 13.9. The van der Waals surface area contributed by atoms with Crippen LogP contribution in [0.1, 0.15) is 32.3 Å². The molecular weight excluding hydrogens is 240 g/mol. The number of carbonyl (C=O) groups excluding carboxylic acids is 1. The molecule has 0 saturated heterocycles. The summed E-state index contributed by atoms with van der Waals surface area (Å²) in [4.78, 5) is 11.3. The fraction of sp³-hybridized carbons (Fsp3) is 0.562. The van der Waals surface area contributed by atoms with Crippen LogP contribution in [0, 0.1) is 11.8 Å². The van der Waals surface area contributed by atoms with Gasteiger partial charge in [0, 0.05) is 0 Å². The van der Waals surface area contributed by atoms with Crippen LogP contribution in [-0.2, 0) is 16.0 Å². The molecule has 104 valence electrons. The van der Waals surface area contributed by atoms with Gasteiger partial charge >= 0.3 is 5.97 Å². The monoisotopic (exact) mass is 262 g/mol. The third-order valence-corrected chi connectivity index (χ3v) is 3.53. The molecule has 2 unspecified atom stereocenters. The Morgan fingerprint density at radius 1 is 1.32 bits per heavy atom. The van der Waals surface area contributed by atoms with Gasteiger partial charge in [-0.1, -0.05) is 12.1 Å². The third-order valence-electron chi connectivity index (χ3n) is 3.53. The van der Waals surface area contributed by atoms with Crippen molar-refractivity contribution in [2.75, 3.05) is 7.11 Å². The zero-order valence-corrected chi connectivity index (χ0v) is 11.9. The summed E-state index contributed by atoms with van der Waals surface area (Å²) in [5.74, 6) is 1.52. The highest BCUT2D eigenvalue weighted by Crippen LogP contribution is 2.42. The maximum Gasteiger partial charge on any atom is 0.308 e. The Kier molecular flexibility index (Phi) is 4.46. The Hall–Kier alpha value is -1.51. The normalized spacial score (nSPS) is 21.3. The van der Waals surface area contributed by atoms with Gasteiger partial charge in [-0.2, -0.15) is 0 Å². The van der Waals surface area contributed by atoms with Crippen molar-refractivity contribution in [1.29, 1.82) is 0 Å². The van der Waals surface area contributed by atoms with Gasteiger partial charge in [0.2, 0.25) is 0 Å². The number of hydrogen-bond acceptors (Lipinski definition) is 3. The summed E-state index contributed by atoms with van der Waals surface area (Å²) in [6.07, 6.45) is 3.27. The number of benzene rings is 1. The standard InChI is InChI=1S/C16H22O3/c1-11(2)19-14-8-5-12(6-9-14)4-7-13-10-15(13)16(17)18-3/h5-6,8-9,11,13,15H,4,7,10H2,1-3H3. The molecule has 3 heteroatoms. The second-order valence-corrected chi connectivity index (χ2v) is 5.47. The summed E-state index contributed by atoms with van der Waals surface area (Å²) in [7, 11) is 1.46. The zero-order chi connectivity index (χ0) is 13.8. The van der Waals surface area contributed by atoms with E-state index in [-0.39, 0.29) is 18.0 Å². The van der Waals surface area contributed by atoms with Crippen LogP contribution < -0.4 is 4.74 Å². The summed E-state index contributed by atoms with van der Waals surface area (Å²) in [6.45, 7) is 4.04. The van der Waals surface area contributed by atoms with Crippen molar-refractivity contribution in [3.05, 3.63) is 29.8 Å². The number of rotatable bonds is 6. The van der Waals surface area contributed by atoms with E-state index in [2.05, 4.69) is 12.1 Å². The number of aryl methyl sites for hydroxylation is 1. The van der Waals surface area contributed by atoms with Crippen molar-refractivity contribution in [3.63, 3.8) is 0 Å². The number of ether oxygens (including phenoxy) is 2. The molecule has 0 aromatic heterocycles. The average Bonchev–Trinajstić information content (AvgIpc) is 3.16. The van der Waals surface area contributed by atoms with Gasteiger partial charge in [0.25, 0.3) is 0 Å². The molecule has 1 saturated carbocycles. The molecule has 0 spiro atoms. The predicted molar refractivity (Wildman–Crippen MR) is 74.1 cm³/mol. The molecule has 19 heavy (non-hydrogen) atoms. The van der Waals surface area contributed by atoms with Gasteiger partial charge in [-0.15, -0.1) is 0 Å². The van der Waals surface area contributed by atoms with Gasteiger partial charge in [0.1, 0.15) is 5.75 Å². The highest BCUT2D eigenvalue weighted by atomic mass is 16.5. The lowest BCUT2D eigenvalue weighted by Crippen LogP contribution is -2.05. The molecule has 0 N–H and O–H groups in total. The predicted octanol–water partition coefficient (Wildman–Crippen LogP) is 3.22. The van der Waals surface area contributed by atoms with Crippen LogP contribution in [0.15, 0.2) is 24.3 Å². The molecule has 3 nitrogen and oxygen atoms in total. The van der Waals surface area contributed by atoms with E-state index in [1.165, 1.54) is 12.7 Å². The van der Waals surface area contributed by atoms with Crippen molar-refractivity contribution < 1.29 is 14.3 Å². The Balaban J connectivity index is 1.77. The molecule has 1 aliphatic rings. The van der Waals surface area contributed by atoms with Gasteiger partial charge in [-0.25, -0.2) is 0 Å². The lowest BCUT2D eigenvalue weighted by molar-refractivity contribution is -0.142. The highest BCUT2D eigenvalue weighted by molar-refractivity contribution is 5.75. The summed E-state index contributed by atoms with van der Waals surface area (Å²) >= 11 is 0. The molecule has 0 heterocycles. The molecule has 1 aromatic carbocycles. The SMILES string of the molecule is COC(=O)C1CC1CCc1ccc(OC(C)C)cc1. The van der Waals surface area contributed by atoms with Gasteiger partial charge < -0.3 is 9.47 Å². The minimum absolute atomic E-state index is 0.0503. The van der Waals surface area contributed by atoms with E-state index in [1.807, 2.05) is 26.0 Å². The molecule has 2 rings (SSSR count). The van der Waals surface area contributed by atoms with E-state index in [4.69, 9.17) is 9.47 Å². The first-order valence-electron chi connectivity index (χ1n) is 6.93. The van der Waals surface area contributed by atoms with Crippen LogP contribution >= 0.6 is 0 Å². The zero-order valence-electron chi connectivity index (χ0n) is 11.9. The van der Waals surface area contributed by atoms with Crippen LogP contribution in [0.25, 0.3) is 0 Å². The van der Waals surface area contributed by atoms with Crippen LogP contribution in [0.2, 0.25) is 0 Å². The molecule has 2 atom stereocenters. The summed E-state index contributed by atoms with van der Waals surface area (Å²) in [6, 6.07) is 8.24. The van der Waals surface area contributed by atoms with Crippen LogP contribution in [0.5, 0.6) is 5.75 Å². The van der Waals surface area contributed by atoms with E-state index < -0.39 is 0 Å². The van der Waals surface area contributed by atoms with Gasteiger partial charge in [0.05, 0.1) is 19.1 Å². The van der Waals surface area contributed by atoms with Crippen LogP contribution in [0.3, 0.4) is 0 Å². The van der Waals surface area contributed by atoms with Gasteiger partial charge in [-0.05, 0) is 56.7 Å². The summed E-state index contributed by atoms with van der Waals surface area (Å²) < 4.78 is 10.4. The first-order valence-corrected chi connectivity index (χ1v) is 6.93. The van der Waals surface area contributed by atoms with Crippen molar-refractivity contribution in [2.45, 2.75) is 39.2 Å². The largest absolute Gasteiger partial charge is 0.491 e. The van der Waals surface area contributed by atoms with E-state index in [0.717, 1.165) is 25.0 Å². The topological polar surface area (TPSA) is 35.5 Å². The molecule has 1 fully saturated rings. The fourth-order valence-corrected chi connectivity index (χ4v) is 2.37. The second-order valence-electron chi connectivity index (χ2n) is 5.47. The van der Waals surface area contributed by atoms with Gasteiger partial charge in [0.15, 0.2) is 0 Å². The van der Waals surface area contributed by atoms with Crippen LogP contribution in [0.4, 0.5) is 0 Å². The maximum atomic E-state index is 11.3. The molecule has 0 amide bonds. The van der Waals surface area contributed by atoms with Crippen molar-refractivity contribution in [3.8, 4) is 5.75 Å². The number of esters is 1. The smallest absolute Gasteiger partial charge is 0.308 e. The Morgan fingerprint density at radius 3 is 2.58 bits per heavy atom. The number of carbonyl (C=O) groups is 1. The van der Waals surface area contributed by atoms with E-state index in [1.54, 1.807) is 0 Å². The van der Waals surface area contributed by atoms with Crippen molar-refractivity contribution in [1.82, 2.24) is 0 Å².